The van der Waals surface area contributed by atoms with E-state index in [1.165, 1.54) is 0 Å². The quantitative estimate of drug-likeness (QED) is 0.849. The minimum Gasteiger partial charge on any atom is -0.497 e. The van der Waals surface area contributed by atoms with E-state index >= 15 is 0 Å². The molecule has 0 aliphatic rings. The van der Waals surface area contributed by atoms with Gasteiger partial charge in [0.15, 0.2) is 5.82 Å². The molecule has 3 N–H and O–H groups in total. The van der Waals surface area contributed by atoms with Gasteiger partial charge in [0.1, 0.15) is 5.75 Å². The van der Waals surface area contributed by atoms with Crippen LogP contribution in [0, 0.1) is 6.92 Å². The highest BCUT2D eigenvalue weighted by Gasteiger charge is 2.04. The summed E-state index contributed by atoms with van der Waals surface area (Å²) < 4.78 is 5.19. The number of nitrogens with zero attached hydrogens (tertiary/aromatic N) is 1. The molecule has 1 aromatic heterocycles. The van der Waals surface area contributed by atoms with Gasteiger partial charge >= 0.3 is 0 Å². The van der Waals surface area contributed by atoms with Crippen molar-refractivity contribution < 1.29 is 4.74 Å². The molecule has 2 rings (SSSR count). The maximum atomic E-state index is 5.83. The van der Waals surface area contributed by atoms with Crippen LogP contribution in [0.25, 0.3) is 0 Å². The smallest absolute Gasteiger partial charge is 0.153 e. The number of rotatable bonds is 3. The molecule has 1 aromatic carbocycles. The first-order valence-corrected chi connectivity index (χ1v) is 5.33. The summed E-state index contributed by atoms with van der Waals surface area (Å²) in [6.07, 6.45) is 1.70. The largest absolute Gasteiger partial charge is 0.497 e. The average molecular weight is 229 g/mol. The van der Waals surface area contributed by atoms with Crippen molar-refractivity contribution in [2.75, 3.05) is 18.2 Å². The topological polar surface area (TPSA) is 60.2 Å². The van der Waals surface area contributed by atoms with Crippen LogP contribution >= 0.6 is 0 Å². The average Bonchev–Trinajstić information content (AvgIpc) is 2.35. The molecule has 17 heavy (non-hydrogen) atoms. The standard InChI is InChI=1S/C13H15N3O/c1-9-5-6-10(17-2)8-12(9)16-13-11(14)4-3-7-15-13/h3-8H,14H2,1-2H3,(H,15,16). The molecule has 0 radical (unpaired) electrons. The zero-order valence-corrected chi connectivity index (χ0v) is 9.90. The zero-order valence-electron chi connectivity index (χ0n) is 9.90. The van der Waals surface area contributed by atoms with Gasteiger partial charge in [-0.3, -0.25) is 0 Å². The van der Waals surface area contributed by atoms with Crippen molar-refractivity contribution in [1.29, 1.82) is 0 Å². The first-order chi connectivity index (χ1) is 8.20. The lowest BCUT2D eigenvalue weighted by atomic mass is 10.2. The fourth-order valence-electron chi connectivity index (χ4n) is 1.51. The molecule has 0 saturated carbocycles. The molecule has 1 heterocycles. The number of anilines is 3. The van der Waals surface area contributed by atoms with Gasteiger partial charge in [-0.15, -0.1) is 0 Å². The van der Waals surface area contributed by atoms with Crippen molar-refractivity contribution in [2.45, 2.75) is 6.92 Å². The van der Waals surface area contributed by atoms with Crippen LogP contribution in [-0.2, 0) is 0 Å². The van der Waals surface area contributed by atoms with Crippen LogP contribution in [0.4, 0.5) is 17.2 Å². The Hall–Kier alpha value is -2.23. The lowest BCUT2D eigenvalue weighted by molar-refractivity contribution is 0.415. The van der Waals surface area contributed by atoms with E-state index in [4.69, 9.17) is 10.5 Å². The van der Waals surface area contributed by atoms with Gasteiger partial charge in [-0.05, 0) is 30.7 Å². The van der Waals surface area contributed by atoms with Crippen LogP contribution in [0.3, 0.4) is 0 Å². The molecule has 0 fully saturated rings. The van der Waals surface area contributed by atoms with Gasteiger partial charge in [0.25, 0.3) is 0 Å². The third-order valence-corrected chi connectivity index (χ3v) is 2.54. The molecule has 0 bridgehead atoms. The molecule has 0 amide bonds. The van der Waals surface area contributed by atoms with Crippen LogP contribution in [0.1, 0.15) is 5.56 Å². The molecule has 4 nitrogen and oxygen atoms in total. The maximum Gasteiger partial charge on any atom is 0.153 e. The van der Waals surface area contributed by atoms with Crippen LogP contribution in [-0.4, -0.2) is 12.1 Å². The van der Waals surface area contributed by atoms with Gasteiger partial charge in [0, 0.05) is 18.0 Å². The molecule has 0 unspecified atom stereocenters. The monoisotopic (exact) mass is 229 g/mol. The number of aryl methyl sites for hydroxylation is 1. The molecule has 2 aromatic rings. The van der Waals surface area contributed by atoms with E-state index in [1.807, 2.05) is 31.2 Å². The third-order valence-electron chi connectivity index (χ3n) is 2.54. The van der Waals surface area contributed by atoms with Crippen molar-refractivity contribution >= 4 is 17.2 Å². The number of ether oxygens (including phenoxy) is 1. The highest BCUT2D eigenvalue weighted by Crippen LogP contribution is 2.26. The second-order valence-corrected chi connectivity index (χ2v) is 3.75. The maximum absolute atomic E-state index is 5.83. The normalized spacial score (nSPS) is 10.0. The summed E-state index contributed by atoms with van der Waals surface area (Å²) >= 11 is 0. The van der Waals surface area contributed by atoms with Crippen LogP contribution in [0.5, 0.6) is 5.75 Å². The van der Waals surface area contributed by atoms with Crippen molar-refractivity contribution in [1.82, 2.24) is 4.98 Å². The van der Waals surface area contributed by atoms with E-state index in [2.05, 4.69) is 10.3 Å². The highest BCUT2D eigenvalue weighted by molar-refractivity contribution is 5.70. The van der Waals surface area contributed by atoms with E-state index < -0.39 is 0 Å². The van der Waals surface area contributed by atoms with E-state index in [-0.39, 0.29) is 0 Å². The molecular formula is C13H15N3O. The number of benzene rings is 1. The van der Waals surface area contributed by atoms with E-state index in [0.29, 0.717) is 11.5 Å². The highest BCUT2D eigenvalue weighted by atomic mass is 16.5. The Labute approximate surface area is 100 Å². The Balaban J connectivity index is 2.32. The van der Waals surface area contributed by atoms with Crippen LogP contribution < -0.4 is 15.8 Å². The molecule has 0 aliphatic carbocycles. The van der Waals surface area contributed by atoms with Crippen molar-refractivity contribution in [3.05, 3.63) is 42.1 Å². The summed E-state index contributed by atoms with van der Waals surface area (Å²) in [6, 6.07) is 9.44. The van der Waals surface area contributed by atoms with E-state index in [0.717, 1.165) is 17.0 Å². The van der Waals surface area contributed by atoms with E-state index in [9.17, 15) is 0 Å². The summed E-state index contributed by atoms with van der Waals surface area (Å²) in [7, 11) is 1.64. The fraction of sp³-hybridized carbons (Fsp3) is 0.154. The first kappa shape index (κ1) is 11.3. The molecule has 0 atom stereocenters. The lowest BCUT2D eigenvalue weighted by Gasteiger charge is -2.11. The molecule has 4 heteroatoms. The van der Waals surface area contributed by atoms with Gasteiger partial charge in [0.2, 0.25) is 0 Å². The second-order valence-electron chi connectivity index (χ2n) is 3.75. The molecule has 0 spiro atoms. The first-order valence-electron chi connectivity index (χ1n) is 5.33. The van der Waals surface area contributed by atoms with Gasteiger partial charge in [-0.2, -0.15) is 0 Å². The summed E-state index contributed by atoms with van der Waals surface area (Å²) in [5.41, 5.74) is 8.50. The zero-order chi connectivity index (χ0) is 12.3. The number of pyridine rings is 1. The van der Waals surface area contributed by atoms with Gasteiger partial charge in [-0.1, -0.05) is 6.07 Å². The number of nitrogens with two attached hydrogens (primary N) is 1. The van der Waals surface area contributed by atoms with E-state index in [1.54, 1.807) is 19.4 Å². The summed E-state index contributed by atoms with van der Waals surface area (Å²) in [5.74, 6) is 1.46. The number of methoxy groups -OCH3 is 1. The molecular weight excluding hydrogens is 214 g/mol. The Morgan fingerprint density at radius 3 is 2.82 bits per heavy atom. The lowest BCUT2D eigenvalue weighted by Crippen LogP contribution is -2.00. The summed E-state index contributed by atoms with van der Waals surface area (Å²) in [6.45, 7) is 2.01. The number of hydrogen-bond donors (Lipinski definition) is 2. The van der Waals surface area contributed by atoms with Crippen molar-refractivity contribution in [2.24, 2.45) is 0 Å². The minimum absolute atomic E-state index is 0.620. The fourth-order valence-corrected chi connectivity index (χ4v) is 1.51. The van der Waals surface area contributed by atoms with Gasteiger partial charge in [-0.25, -0.2) is 4.98 Å². The van der Waals surface area contributed by atoms with Gasteiger partial charge in [0.05, 0.1) is 12.8 Å². The van der Waals surface area contributed by atoms with Crippen molar-refractivity contribution in [3.8, 4) is 5.75 Å². The third kappa shape index (κ3) is 2.47. The van der Waals surface area contributed by atoms with Crippen LogP contribution in [0.15, 0.2) is 36.5 Å². The Bertz CT molecular complexity index is 526. The Kier molecular flexibility index (Phi) is 3.14. The number of hydrogen-bond acceptors (Lipinski definition) is 4. The molecule has 88 valence electrons. The Morgan fingerprint density at radius 1 is 1.29 bits per heavy atom. The minimum atomic E-state index is 0.620. The predicted molar refractivity (Wildman–Crippen MR) is 69.7 cm³/mol. The predicted octanol–water partition coefficient (Wildman–Crippen LogP) is 2.72. The second kappa shape index (κ2) is 4.74. The van der Waals surface area contributed by atoms with Crippen LogP contribution in [0.2, 0.25) is 0 Å². The van der Waals surface area contributed by atoms with Gasteiger partial charge < -0.3 is 15.8 Å². The Morgan fingerprint density at radius 2 is 2.12 bits per heavy atom. The SMILES string of the molecule is COc1ccc(C)c(Nc2ncccc2N)c1. The molecule has 0 aliphatic heterocycles. The summed E-state index contributed by atoms with van der Waals surface area (Å²) in [5, 5.41) is 3.20. The number of nitrogens with one attached hydrogen (secondary N) is 1. The number of aromatic nitrogens is 1. The molecule has 0 saturated heterocycles. The van der Waals surface area contributed by atoms with Crippen molar-refractivity contribution in [3.63, 3.8) is 0 Å². The number of nitrogen functional groups attached to an aromatic ring is 1. The summed E-state index contributed by atoms with van der Waals surface area (Å²) in [4.78, 5) is 4.19.